The lowest BCUT2D eigenvalue weighted by Gasteiger charge is -2.00. The molecule has 0 saturated heterocycles. The van der Waals surface area contributed by atoms with Crippen molar-refractivity contribution in [1.82, 2.24) is 0 Å². The summed E-state index contributed by atoms with van der Waals surface area (Å²) in [5.41, 5.74) is 4.14. The summed E-state index contributed by atoms with van der Waals surface area (Å²) in [5, 5.41) is 16.1. The highest BCUT2D eigenvalue weighted by Gasteiger charge is 1.91. The van der Waals surface area contributed by atoms with Gasteiger partial charge in [0.1, 0.15) is 0 Å². The smallest absolute Gasteiger partial charge is 0.300 e. The molecule has 0 aromatic carbocycles. The molecule has 0 aromatic rings. The maximum absolute atomic E-state index is 9.00. The number of hydrogen-bond acceptors (Lipinski definition) is 2. The Morgan fingerprint density at radius 1 is 0.850 bits per heavy atom. The SMILES string of the molecule is CC(=O)O.CC(C)=CCCC(C)=CCCC(C)=CCO. The van der Waals surface area contributed by atoms with Crippen molar-refractivity contribution in [2.24, 2.45) is 0 Å². The van der Waals surface area contributed by atoms with Crippen LogP contribution in [0.1, 0.15) is 60.3 Å². The third-order valence-corrected chi connectivity index (χ3v) is 2.56. The van der Waals surface area contributed by atoms with Crippen molar-refractivity contribution in [2.75, 3.05) is 6.61 Å². The molecule has 0 fully saturated rings. The number of carboxylic acids is 1. The van der Waals surface area contributed by atoms with Crippen molar-refractivity contribution in [3.63, 3.8) is 0 Å². The van der Waals surface area contributed by atoms with Gasteiger partial charge in [0.05, 0.1) is 6.61 Å². The maximum atomic E-state index is 9.00. The molecule has 0 bridgehead atoms. The van der Waals surface area contributed by atoms with Gasteiger partial charge in [0, 0.05) is 6.92 Å². The number of carbonyl (C=O) groups is 1. The van der Waals surface area contributed by atoms with Crippen molar-refractivity contribution in [1.29, 1.82) is 0 Å². The molecule has 0 aliphatic carbocycles. The van der Waals surface area contributed by atoms with Crippen LogP contribution in [0.4, 0.5) is 0 Å². The summed E-state index contributed by atoms with van der Waals surface area (Å²) in [6.07, 6.45) is 10.9. The van der Waals surface area contributed by atoms with Crippen LogP contribution < -0.4 is 0 Å². The quantitative estimate of drug-likeness (QED) is 0.676. The van der Waals surface area contributed by atoms with Crippen LogP contribution >= 0.6 is 0 Å². The first-order chi connectivity index (χ1) is 9.29. The number of hydrogen-bond donors (Lipinski definition) is 2. The highest BCUT2D eigenvalue weighted by atomic mass is 16.4. The van der Waals surface area contributed by atoms with Gasteiger partial charge in [0.2, 0.25) is 0 Å². The fraction of sp³-hybridized carbons (Fsp3) is 0.588. The van der Waals surface area contributed by atoms with Gasteiger partial charge in [-0.15, -0.1) is 0 Å². The Morgan fingerprint density at radius 3 is 1.65 bits per heavy atom. The third-order valence-electron chi connectivity index (χ3n) is 2.56. The Balaban J connectivity index is 0. The Hall–Kier alpha value is -1.35. The topological polar surface area (TPSA) is 57.5 Å². The minimum Gasteiger partial charge on any atom is -0.481 e. The number of rotatable bonds is 7. The minimum absolute atomic E-state index is 0.162. The molecule has 3 heteroatoms. The third kappa shape index (κ3) is 21.9. The van der Waals surface area contributed by atoms with E-state index in [-0.39, 0.29) is 6.61 Å². The molecule has 0 saturated carbocycles. The zero-order valence-corrected chi connectivity index (χ0v) is 13.6. The first-order valence-electron chi connectivity index (χ1n) is 7.04. The van der Waals surface area contributed by atoms with E-state index in [4.69, 9.17) is 15.0 Å². The van der Waals surface area contributed by atoms with Gasteiger partial charge in [-0.1, -0.05) is 34.9 Å². The number of aliphatic hydroxyl groups excluding tert-OH is 1. The van der Waals surface area contributed by atoms with Gasteiger partial charge in [-0.2, -0.15) is 0 Å². The van der Waals surface area contributed by atoms with Gasteiger partial charge in [-0.25, -0.2) is 0 Å². The molecule has 2 N–H and O–H groups in total. The average molecular weight is 282 g/mol. The van der Waals surface area contributed by atoms with Crippen molar-refractivity contribution in [3.05, 3.63) is 34.9 Å². The predicted octanol–water partition coefficient (Wildman–Crippen LogP) is 4.49. The lowest BCUT2D eigenvalue weighted by Crippen LogP contribution is -1.82. The highest BCUT2D eigenvalue weighted by Crippen LogP contribution is 2.10. The lowest BCUT2D eigenvalue weighted by atomic mass is 10.1. The second-order valence-electron chi connectivity index (χ2n) is 5.16. The Morgan fingerprint density at radius 2 is 1.25 bits per heavy atom. The Bertz CT molecular complexity index is 341. The summed E-state index contributed by atoms with van der Waals surface area (Å²) in [6, 6.07) is 0. The molecule has 116 valence electrons. The first kappa shape index (κ1) is 21.0. The molecule has 0 aliphatic heterocycles. The van der Waals surface area contributed by atoms with Crippen LogP contribution in [0.2, 0.25) is 0 Å². The number of allylic oxidation sites excluding steroid dienone is 5. The Labute approximate surface area is 123 Å². The molecule has 0 unspecified atom stereocenters. The van der Waals surface area contributed by atoms with Gasteiger partial charge in [0.25, 0.3) is 5.97 Å². The second-order valence-corrected chi connectivity index (χ2v) is 5.16. The zero-order valence-electron chi connectivity index (χ0n) is 13.6. The molecule has 0 atom stereocenters. The minimum atomic E-state index is -0.833. The average Bonchev–Trinajstić information content (AvgIpc) is 2.28. The van der Waals surface area contributed by atoms with E-state index >= 15 is 0 Å². The van der Waals surface area contributed by atoms with Gasteiger partial charge < -0.3 is 10.2 Å². The molecule has 20 heavy (non-hydrogen) atoms. The summed E-state index contributed by atoms with van der Waals surface area (Å²) >= 11 is 0. The largest absolute Gasteiger partial charge is 0.481 e. The van der Waals surface area contributed by atoms with Crippen molar-refractivity contribution < 1.29 is 15.0 Å². The van der Waals surface area contributed by atoms with E-state index in [0.29, 0.717) is 0 Å². The van der Waals surface area contributed by atoms with Gasteiger partial charge >= 0.3 is 0 Å². The zero-order chi connectivity index (χ0) is 16.0. The molecular weight excluding hydrogens is 252 g/mol. The molecule has 0 spiro atoms. The van der Waals surface area contributed by atoms with Crippen LogP contribution in [-0.4, -0.2) is 22.8 Å². The van der Waals surface area contributed by atoms with Crippen LogP contribution in [0.3, 0.4) is 0 Å². The van der Waals surface area contributed by atoms with Crippen LogP contribution in [-0.2, 0) is 4.79 Å². The van der Waals surface area contributed by atoms with Crippen molar-refractivity contribution in [2.45, 2.75) is 60.3 Å². The molecule has 3 nitrogen and oxygen atoms in total. The predicted molar refractivity (Wildman–Crippen MR) is 85.8 cm³/mol. The summed E-state index contributed by atoms with van der Waals surface area (Å²) in [4.78, 5) is 9.00. The normalized spacial score (nSPS) is 11.5. The number of aliphatic hydroxyl groups is 1. The molecule has 0 amide bonds. The van der Waals surface area contributed by atoms with Crippen LogP contribution in [0.15, 0.2) is 34.9 Å². The van der Waals surface area contributed by atoms with Crippen LogP contribution in [0.5, 0.6) is 0 Å². The van der Waals surface area contributed by atoms with Crippen molar-refractivity contribution in [3.8, 4) is 0 Å². The summed E-state index contributed by atoms with van der Waals surface area (Å²) in [5.74, 6) is -0.833. The lowest BCUT2D eigenvalue weighted by molar-refractivity contribution is -0.134. The fourth-order valence-corrected chi connectivity index (χ4v) is 1.49. The number of aliphatic carboxylic acids is 1. The molecule has 0 aromatic heterocycles. The Kier molecular flexibility index (Phi) is 14.7. The van der Waals surface area contributed by atoms with E-state index in [1.54, 1.807) is 0 Å². The molecule has 0 rings (SSSR count). The van der Waals surface area contributed by atoms with E-state index in [9.17, 15) is 0 Å². The van der Waals surface area contributed by atoms with Crippen LogP contribution in [0, 0.1) is 0 Å². The van der Waals surface area contributed by atoms with E-state index in [1.807, 2.05) is 6.08 Å². The number of carboxylic acid groups (broad SMARTS) is 1. The molecule has 0 radical (unpaired) electrons. The maximum Gasteiger partial charge on any atom is 0.300 e. The van der Waals surface area contributed by atoms with Gasteiger partial charge in [-0.3, -0.25) is 4.79 Å². The molecular formula is C17H30O3. The molecule has 0 heterocycles. The highest BCUT2D eigenvalue weighted by molar-refractivity contribution is 5.62. The van der Waals surface area contributed by atoms with Gasteiger partial charge in [-0.05, 0) is 53.4 Å². The summed E-state index contributed by atoms with van der Waals surface area (Å²) in [7, 11) is 0. The van der Waals surface area contributed by atoms with E-state index < -0.39 is 5.97 Å². The van der Waals surface area contributed by atoms with Crippen molar-refractivity contribution >= 4 is 5.97 Å². The summed E-state index contributed by atoms with van der Waals surface area (Å²) in [6.45, 7) is 9.80. The van der Waals surface area contributed by atoms with Crippen LogP contribution in [0.25, 0.3) is 0 Å². The summed E-state index contributed by atoms with van der Waals surface area (Å²) < 4.78 is 0. The fourth-order valence-electron chi connectivity index (χ4n) is 1.49. The van der Waals surface area contributed by atoms with E-state index in [1.165, 1.54) is 16.7 Å². The second kappa shape index (κ2) is 14.1. The van der Waals surface area contributed by atoms with Gasteiger partial charge in [0.15, 0.2) is 0 Å². The first-order valence-corrected chi connectivity index (χ1v) is 7.04. The van der Waals surface area contributed by atoms with E-state index in [0.717, 1.165) is 32.6 Å². The standard InChI is InChI=1S/C15H26O.C2H4O2/c1-13(2)7-5-8-14(3)9-6-10-15(4)11-12-16;1-2(3)4/h7,9,11,16H,5-6,8,10,12H2,1-4H3;1H3,(H,3,4). The monoisotopic (exact) mass is 282 g/mol. The molecule has 0 aliphatic rings. The van der Waals surface area contributed by atoms with E-state index in [2.05, 4.69) is 39.8 Å².